The summed E-state index contributed by atoms with van der Waals surface area (Å²) in [5, 5.41) is 11.1. The Bertz CT molecular complexity index is 1170. The fourth-order valence-electron chi connectivity index (χ4n) is 2.47. The molecule has 1 fully saturated rings. The zero-order chi connectivity index (χ0) is 21.9. The molecule has 30 heavy (non-hydrogen) atoms. The summed E-state index contributed by atoms with van der Waals surface area (Å²) >= 11 is 6.69. The number of halogens is 1. The molecule has 1 aliphatic heterocycles. The van der Waals surface area contributed by atoms with Gasteiger partial charge in [-0.1, -0.05) is 17.7 Å². The van der Waals surface area contributed by atoms with Gasteiger partial charge >= 0.3 is 0 Å². The Kier molecular flexibility index (Phi) is 6.40. The summed E-state index contributed by atoms with van der Waals surface area (Å²) in [7, 11) is -4.07. The first-order valence-electron chi connectivity index (χ1n) is 8.38. The van der Waals surface area contributed by atoms with Gasteiger partial charge in [0, 0.05) is 23.7 Å². The number of amides is 1. The van der Waals surface area contributed by atoms with Gasteiger partial charge in [0.25, 0.3) is 21.6 Å². The molecule has 2 aromatic carbocycles. The molecule has 154 valence electrons. The second kappa shape index (κ2) is 8.82. The number of carbonyl (C=O) groups is 1. The number of thioether (sulfide) groups is 1. The molecule has 2 aromatic rings. The van der Waals surface area contributed by atoms with Crippen molar-refractivity contribution in [1.82, 2.24) is 4.90 Å². The number of hydrogen-bond donors (Lipinski definition) is 0. The van der Waals surface area contributed by atoms with Crippen molar-refractivity contribution in [2.24, 2.45) is 4.40 Å². The van der Waals surface area contributed by atoms with E-state index in [9.17, 15) is 23.3 Å². The molecule has 0 aromatic heterocycles. The van der Waals surface area contributed by atoms with Gasteiger partial charge in [0.1, 0.15) is 0 Å². The number of rotatable bonds is 6. The molecule has 1 heterocycles. The molecule has 3 rings (SSSR count). The van der Waals surface area contributed by atoms with E-state index in [0.29, 0.717) is 10.6 Å². The minimum absolute atomic E-state index is 0.0111. The molecule has 0 aliphatic carbocycles. The molecule has 0 N–H and O–H groups in total. The van der Waals surface area contributed by atoms with Crippen LogP contribution in [0.4, 0.5) is 5.69 Å². The Morgan fingerprint density at radius 2 is 1.80 bits per heavy atom. The van der Waals surface area contributed by atoms with Gasteiger partial charge in [0.05, 0.1) is 14.7 Å². The summed E-state index contributed by atoms with van der Waals surface area (Å²) in [4.78, 5) is 24.4. The van der Waals surface area contributed by atoms with E-state index in [1.54, 1.807) is 0 Å². The lowest BCUT2D eigenvalue weighted by molar-refractivity contribution is -0.384. The van der Waals surface area contributed by atoms with Gasteiger partial charge in [0.2, 0.25) is 0 Å². The van der Waals surface area contributed by atoms with Crippen LogP contribution >= 0.6 is 23.4 Å². The number of non-ortho nitro benzene ring substituents is 1. The summed E-state index contributed by atoms with van der Waals surface area (Å²) in [5.74, 6) is -0.441. The van der Waals surface area contributed by atoms with Crippen LogP contribution in [0.25, 0.3) is 6.08 Å². The van der Waals surface area contributed by atoms with Crippen molar-refractivity contribution in [2.75, 3.05) is 6.54 Å². The Labute approximate surface area is 181 Å². The molecule has 11 heteroatoms. The Hall–Kier alpha value is -2.95. The number of nitrogens with zero attached hydrogens (tertiary/aromatic N) is 3. The Balaban J connectivity index is 1.96. The highest BCUT2D eigenvalue weighted by molar-refractivity contribution is 8.19. The minimum Gasteiger partial charge on any atom is -0.282 e. The van der Waals surface area contributed by atoms with Crippen LogP contribution in [-0.4, -0.2) is 35.9 Å². The van der Waals surface area contributed by atoms with Crippen LogP contribution in [0.2, 0.25) is 5.02 Å². The van der Waals surface area contributed by atoms with E-state index in [4.69, 9.17) is 11.6 Å². The van der Waals surface area contributed by atoms with E-state index in [2.05, 4.69) is 11.0 Å². The van der Waals surface area contributed by atoms with Crippen molar-refractivity contribution in [1.29, 1.82) is 0 Å². The first kappa shape index (κ1) is 21.8. The molecule has 1 amide bonds. The maximum atomic E-state index is 12.7. The number of nitro benzene ring substituents is 1. The third-order valence-electron chi connectivity index (χ3n) is 3.91. The third kappa shape index (κ3) is 4.78. The Morgan fingerprint density at radius 1 is 1.17 bits per heavy atom. The van der Waals surface area contributed by atoms with Crippen molar-refractivity contribution >= 4 is 56.2 Å². The predicted octanol–water partition coefficient (Wildman–Crippen LogP) is 4.10. The van der Waals surface area contributed by atoms with Crippen LogP contribution in [0.15, 0.2) is 75.4 Å². The second-order valence-electron chi connectivity index (χ2n) is 5.97. The molecule has 8 nitrogen and oxygen atoms in total. The first-order valence-corrected chi connectivity index (χ1v) is 11.0. The molecular weight excluding hydrogens is 450 g/mol. The normalized spacial score (nSPS) is 17.0. The fraction of sp³-hybridized carbons (Fsp3) is 0.0526. The number of nitro groups is 1. The summed E-state index contributed by atoms with van der Waals surface area (Å²) < 4.78 is 29.1. The van der Waals surface area contributed by atoms with Gasteiger partial charge in [0.15, 0.2) is 5.17 Å². The third-order valence-corrected chi connectivity index (χ3v) is 6.57. The average Bonchev–Trinajstić information content (AvgIpc) is 2.97. The number of benzene rings is 2. The van der Waals surface area contributed by atoms with Gasteiger partial charge in [-0.2, -0.15) is 8.42 Å². The quantitative estimate of drug-likeness (QED) is 0.276. The van der Waals surface area contributed by atoms with Crippen LogP contribution in [0.1, 0.15) is 5.56 Å². The van der Waals surface area contributed by atoms with E-state index in [1.807, 2.05) is 0 Å². The second-order valence-corrected chi connectivity index (χ2v) is 9.02. The van der Waals surface area contributed by atoms with E-state index in [1.165, 1.54) is 65.6 Å². The lowest BCUT2D eigenvalue weighted by atomic mass is 10.2. The van der Waals surface area contributed by atoms with Crippen LogP contribution in [-0.2, 0) is 14.8 Å². The molecular formula is C19H14ClN3O5S2. The Morgan fingerprint density at radius 3 is 2.37 bits per heavy atom. The maximum Gasteiger partial charge on any atom is 0.284 e. The summed E-state index contributed by atoms with van der Waals surface area (Å²) in [6.45, 7) is 3.65. The van der Waals surface area contributed by atoms with E-state index < -0.39 is 20.9 Å². The number of hydrogen-bond acceptors (Lipinski definition) is 6. The average molecular weight is 464 g/mol. The van der Waals surface area contributed by atoms with E-state index in [0.717, 1.165) is 11.8 Å². The van der Waals surface area contributed by atoms with E-state index >= 15 is 0 Å². The van der Waals surface area contributed by atoms with Crippen LogP contribution < -0.4 is 0 Å². The van der Waals surface area contributed by atoms with Crippen LogP contribution in [0, 0.1) is 10.1 Å². The molecule has 0 radical (unpaired) electrons. The SMILES string of the molecule is C=CCN1C(=O)/C(=C/c2ccc([N+](=O)[O-])cc2)SC1=NS(=O)(=O)c1ccc(Cl)cc1. The van der Waals surface area contributed by atoms with E-state index in [-0.39, 0.29) is 27.2 Å². The molecule has 1 saturated heterocycles. The standard InChI is InChI=1S/C19H14ClN3O5S2/c1-2-11-22-18(24)17(12-13-3-7-15(8-4-13)23(25)26)29-19(22)21-30(27,28)16-9-5-14(20)6-10-16/h2-10,12H,1,11H2/b17-12-,21-19?. The topological polar surface area (TPSA) is 110 Å². The minimum atomic E-state index is -4.07. The zero-order valence-corrected chi connectivity index (χ0v) is 17.7. The molecule has 0 bridgehead atoms. The van der Waals surface area contributed by atoms with Gasteiger partial charge in [-0.3, -0.25) is 19.8 Å². The zero-order valence-electron chi connectivity index (χ0n) is 15.3. The summed E-state index contributed by atoms with van der Waals surface area (Å²) in [6.07, 6.45) is 2.97. The molecule has 1 aliphatic rings. The molecule has 0 unspecified atom stereocenters. The van der Waals surface area contributed by atoms with Gasteiger partial charge < -0.3 is 0 Å². The maximum absolute atomic E-state index is 12.7. The van der Waals surface area contributed by atoms with Crippen molar-refractivity contribution in [3.8, 4) is 0 Å². The van der Waals surface area contributed by atoms with Crippen molar-refractivity contribution in [3.63, 3.8) is 0 Å². The van der Waals surface area contributed by atoms with Crippen molar-refractivity contribution in [2.45, 2.75) is 4.90 Å². The van der Waals surface area contributed by atoms with Crippen molar-refractivity contribution in [3.05, 3.63) is 86.8 Å². The smallest absolute Gasteiger partial charge is 0.282 e. The monoisotopic (exact) mass is 463 g/mol. The van der Waals surface area contributed by atoms with Gasteiger partial charge in [-0.25, -0.2) is 0 Å². The molecule has 0 spiro atoms. The fourth-order valence-corrected chi connectivity index (χ4v) is 4.79. The molecule has 0 atom stereocenters. The van der Waals surface area contributed by atoms with Gasteiger partial charge in [-0.05, 0) is 59.8 Å². The predicted molar refractivity (Wildman–Crippen MR) is 117 cm³/mol. The van der Waals surface area contributed by atoms with Crippen LogP contribution in [0.5, 0.6) is 0 Å². The highest BCUT2D eigenvalue weighted by atomic mass is 35.5. The number of sulfonamides is 1. The summed E-state index contributed by atoms with van der Waals surface area (Å²) in [5.41, 5.74) is 0.476. The molecule has 0 saturated carbocycles. The summed E-state index contributed by atoms with van der Waals surface area (Å²) in [6, 6.07) is 11.2. The van der Waals surface area contributed by atoms with Gasteiger partial charge in [-0.15, -0.1) is 11.0 Å². The number of carbonyl (C=O) groups excluding carboxylic acids is 1. The number of amidine groups is 1. The first-order chi connectivity index (χ1) is 14.2. The largest absolute Gasteiger partial charge is 0.284 e. The lowest BCUT2D eigenvalue weighted by Gasteiger charge is -2.12. The highest BCUT2D eigenvalue weighted by Gasteiger charge is 2.34. The van der Waals surface area contributed by atoms with Crippen LogP contribution in [0.3, 0.4) is 0 Å². The van der Waals surface area contributed by atoms with Crippen molar-refractivity contribution < 1.29 is 18.1 Å². The lowest BCUT2D eigenvalue weighted by Crippen LogP contribution is -2.29. The highest BCUT2D eigenvalue weighted by Crippen LogP contribution is 2.34.